The van der Waals surface area contributed by atoms with Gasteiger partial charge < -0.3 is 4.74 Å². The molecule has 0 amide bonds. The van der Waals surface area contributed by atoms with Crippen molar-refractivity contribution in [3.8, 4) is 0 Å². The lowest BCUT2D eigenvalue weighted by molar-refractivity contribution is 0.102. The van der Waals surface area contributed by atoms with Gasteiger partial charge in [0.15, 0.2) is 0 Å². The highest BCUT2D eigenvalue weighted by molar-refractivity contribution is 4.99. The van der Waals surface area contributed by atoms with E-state index in [2.05, 4.69) is 0 Å². The molecule has 3 rings (SSSR count). The van der Waals surface area contributed by atoms with Gasteiger partial charge in [-0.1, -0.05) is 0 Å². The Kier molecular flexibility index (Phi) is 0.704. The minimum atomic E-state index is 0.703. The molecule has 2 bridgehead atoms. The van der Waals surface area contributed by atoms with Gasteiger partial charge in [-0.15, -0.1) is 0 Å². The van der Waals surface area contributed by atoms with Crippen molar-refractivity contribution in [3.63, 3.8) is 0 Å². The average molecular weight is 124 g/mol. The normalized spacial score (nSPS) is 61.3. The Labute approximate surface area is 55.4 Å². The third-order valence-corrected chi connectivity index (χ3v) is 3.41. The molecule has 2 saturated carbocycles. The minimum absolute atomic E-state index is 0.703. The van der Waals surface area contributed by atoms with Gasteiger partial charge in [-0.05, 0) is 37.0 Å². The van der Waals surface area contributed by atoms with Crippen LogP contribution in [0.25, 0.3) is 0 Å². The van der Waals surface area contributed by atoms with E-state index in [0.29, 0.717) is 6.10 Å². The van der Waals surface area contributed by atoms with Gasteiger partial charge in [-0.25, -0.2) is 0 Å². The van der Waals surface area contributed by atoms with Crippen molar-refractivity contribution in [2.45, 2.75) is 25.4 Å². The highest BCUT2D eigenvalue weighted by Crippen LogP contribution is 2.53. The van der Waals surface area contributed by atoms with Crippen LogP contribution in [0.15, 0.2) is 0 Å². The summed E-state index contributed by atoms with van der Waals surface area (Å²) in [4.78, 5) is 0. The molecule has 4 atom stereocenters. The topological polar surface area (TPSA) is 9.23 Å². The summed E-state index contributed by atoms with van der Waals surface area (Å²) in [6.07, 6.45) is 5.08. The van der Waals surface area contributed by atoms with E-state index in [0.717, 1.165) is 24.4 Å². The fourth-order valence-corrected chi connectivity index (χ4v) is 3.06. The van der Waals surface area contributed by atoms with Gasteiger partial charge in [0.2, 0.25) is 0 Å². The molecule has 1 aliphatic heterocycles. The zero-order valence-corrected chi connectivity index (χ0v) is 5.55. The molecule has 2 aliphatic carbocycles. The highest BCUT2D eigenvalue weighted by atomic mass is 16.5. The zero-order chi connectivity index (χ0) is 5.84. The predicted molar refractivity (Wildman–Crippen MR) is 34.1 cm³/mol. The van der Waals surface area contributed by atoms with E-state index in [9.17, 15) is 0 Å². The molecule has 0 aromatic carbocycles. The van der Waals surface area contributed by atoms with E-state index in [-0.39, 0.29) is 0 Å². The molecule has 3 fully saturated rings. The summed E-state index contributed by atoms with van der Waals surface area (Å²) >= 11 is 0. The summed E-state index contributed by atoms with van der Waals surface area (Å²) in [5.41, 5.74) is 0. The summed E-state index contributed by atoms with van der Waals surface area (Å²) in [7, 11) is 0. The summed E-state index contributed by atoms with van der Waals surface area (Å²) in [6, 6.07) is 0. The smallest absolute Gasteiger partial charge is 0.0609 e. The number of hydrogen-bond acceptors (Lipinski definition) is 1. The van der Waals surface area contributed by atoms with Crippen molar-refractivity contribution in [1.82, 2.24) is 0 Å². The van der Waals surface area contributed by atoms with Crippen LogP contribution in [0.3, 0.4) is 0 Å². The molecule has 1 heteroatoms. The van der Waals surface area contributed by atoms with Crippen LogP contribution in [0.1, 0.15) is 19.3 Å². The third kappa shape index (κ3) is 0.454. The number of fused-ring (bicyclic) bond motifs is 1. The zero-order valence-electron chi connectivity index (χ0n) is 5.55. The quantitative estimate of drug-likeness (QED) is 0.474. The SMILES string of the molecule is C1C2CC3C1OC[C@@H]3C2. The molecule has 50 valence electrons. The van der Waals surface area contributed by atoms with Crippen LogP contribution in [-0.2, 0) is 4.74 Å². The third-order valence-electron chi connectivity index (χ3n) is 3.41. The molecule has 0 aromatic rings. The van der Waals surface area contributed by atoms with E-state index < -0.39 is 0 Å². The average Bonchev–Trinajstić information content (AvgIpc) is 2.35. The van der Waals surface area contributed by atoms with Crippen LogP contribution >= 0.6 is 0 Å². The number of hydrogen-bond donors (Lipinski definition) is 0. The van der Waals surface area contributed by atoms with Gasteiger partial charge in [0, 0.05) is 0 Å². The molecule has 1 nitrogen and oxygen atoms in total. The molecule has 0 N–H and O–H groups in total. The first-order valence-corrected chi connectivity index (χ1v) is 4.05. The monoisotopic (exact) mass is 124 g/mol. The molecule has 0 aromatic heterocycles. The largest absolute Gasteiger partial charge is 0.378 e. The lowest BCUT2D eigenvalue weighted by Crippen LogP contribution is -2.14. The Morgan fingerprint density at radius 2 is 2.11 bits per heavy atom. The second-order valence-electron chi connectivity index (χ2n) is 3.87. The second-order valence-corrected chi connectivity index (χ2v) is 3.87. The van der Waals surface area contributed by atoms with Crippen LogP contribution in [0.5, 0.6) is 0 Å². The van der Waals surface area contributed by atoms with Gasteiger partial charge >= 0.3 is 0 Å². The minimum Gasteiger partial charge on any atom is -0.378 e. The molecule has 1 saturated heterocycles. The van der Waals surface area contributed by atoms with E-state index in [1.165, 1.54) is 19.3 Å². The number of ether oxygens (including phenoxy) is 1. The Morgan fingerprint density at radius 1 is 1.11 bits per heavy atom. The number of rotatable bonds is 0. The Balaban J connectivity index is 2.02. The fraction of sp³-hybridized carbons (Fsp3) is 1.00. The molecular weight excluding hydrogens is 112 g/mol. The summed E-state index contributed by atoms with van der Waals surface area (Å²) in [5, 5.41) is 0. The Bertz CT molecular complexity index is 127. The molecule has 1 heterocycles. The van der Waals surface area contributed by atoms with Crippen molar-refractivity contribution < 1.29 is 4.74 Å². The Morgan fingerprint density at radius 3 is 2.78 bits per heavy atom. The first-order chi connectivity index (χ1) is 4.43. The standard InChI is InChI=1S/C8H12O/c1-5-2-7-6(1)4-9-8(7)3-5/h5-8H,1-4H2/t5?,6-,7?,8?/m0/s1. The van der Waals surface area contributed by atoms with Crippen molar-refractivity contribution in [3.05, 3.63) is 0 Å². The first kappa shape index (κ1) is 4.73. The first-order valence-electron chi connectivity index (χ1n) is 4.05. The van der Waals surface area contributed by atoms with Gasteiger partial charge in [0.1, 0.15) is 0 Å². The lowest BCUT2D eigenvalue weighted by atomic mass is 9.90. The van der Waals surface area contributed by atoms with Crippen LogP contribution < -0.4 is 0 Å². The lowest BCUT2D eigenvalue weighted by Gasteiger charge is -2.14. The Hall–Kier alpha value is -0.0400. The maximum Gasteiger partial charge on any atom is 0.0609 e. The molecule has 0 spiro atoms. The van der Waals surface area contributed by atoms with Gasteiger partial charge in [0.05, 0.1) is 12.7 Å². The van der Waals surface area contributed by atoms with Gasteiger partial charge in [-0.3, -0.25) is 0 Å². The van der Waals surface area contributed by atoms with E-state index in [1.807, 2.05) is 0 Å². The summed E-state index contributed by atoms with van der Waals surface area (Å²) in [6.45, 7) is 1.09. The van der Waals surface area contributed by atoms with Crippen molar-refractivity contribution in [2.24, 2.45) is 17.8 Å². The molecule has 9 heavy (non-hydrogen) atoms. The summed E-state index contributed by atoms with van der Waals surface area (Å²) in [5.74, 6) is 3.04. The van der Waals surface area contributed by atoms with E-state index in [4.69, 9.17) is 4.74 Å². The predicted octanol–water partition coefficient (Wildman–Crippen LogP) is 1.43. The highest BCUT2D eigenvalue weighted by Gasteiger charge is 2.50. The molecule has 0 radical (unpaired) electrons. The van der Waals surface area contributed by atoms with E-state index in [1.54, 1.807) is 0 Å². The van der Waals surface area contributed by atoms with Crippen LogP contribution in [0, 0.1) is 17.8 Å². The van der Waals surface area contributed by atoms with Crippen molar-refractivity contribution in [2.75, 3.05) is 6.61 Å². The maximum absolute atomic E-state index is 5.63. The maximum atomic E-state index is 5.63. The molecular formula is C8H12O. The molecule has 3 aliphatic rings. The summed E-state index contributed by atoms with van der Waals surface area (Å²) < 4.78 is 5.63. The van der Waals surface area contributed by atoms with Crippen molar-refractivity contribution in [1.29, 1.82) is 0 Å². The fourth-order valence-electron chi connectivity index (χ4n) is 3.06. The van der Waals surface area contributed by atoms with Crippen molar-refractivity contribution >= 4 is 0 Å². The van der Waals surface area contributed by atoms with E-state index >= 15 is 0 Å². The van der Waals surface area contributed by atoms with Gasteiger partial charge in [0.25, 0.3) is 0 Å². The van der Waals surface area contributed by atoms with Crippen LogP contribution in [-0.4, -0.2) is 12.7 Å². The molecule has 3 unspecified atom stereocenters. The van der Waals surface area contributed by atoms with Crippen LogP contribution in [0.2, 0.25) is 0 Å². The van der Waals surface area contributed by atoms with Crippen LogP contribution in [0.4, 0.5) is 0 Å². The van der Waals surface area contributed by atoms with Gasteiger partial charge in [-0.2, -0.15) is 0 Å². The second kappa shape index (κ2) is 1.34.